The van der Waals surface area contributed by atoms with Gasteiger partial charge in [0.15, 0.2) is 0 Å². The predicted molar refractivity (Wildman–Crippen MR) is 72.2 cm³/mol. The van der Waals surface area contributed by atoms with Gasteiger partial charge >= 0.3 is 0 Å². The number of hydrogen-bond acceptors (Lipinski definition) is 2. The average molecular weight is 237 g/mol. The van der Waals surface area contributed by atoms with E-state index >= 15 is 0 Å². The lowest BCUT2D eigenvalue weighted by atomic mass is 10.1. The van der Waals surface area contributed by atoms with E-state index in [9.17, 15) is 0 Å². The van der Waals surface area contributed by atoms with Crippen molar-refractivity contribution in [1.29, 1.82) is 0 Å². The van der Waals surface area contributed by atoms with Crippen molar-refractivity contribution in [2.75, 3.05) is 6.54 Å². The standard InChI is InChI=1S/C14H23NS/c1-4-7-15-13(9-12-5-6-12)14-10(2)8-11(3)16-14/h8,12-13,15H,4-7,9H2,1-3H3. The SMILES string of the molecule is CCCNC(CC1CC1)c1sc(C)cc1C. The zero-order valence-corrected chi connectivity index (χ0v) is 11.5. The van der Waals surface area contributed by atoms with E-state index in [0.29, 0.717) is 6.04 Å². The lowest BCUT2D eigenvalue weighted by Gasteiger charge is -2.18. The molecule has 0 radical (unpaired) electrons. The zero-order valence-electron chi connectivity index (χ0n) is 10.7. The maximum atomic E-state index is 3.72. The fourth-order valence-electron chi connectivity index (χ4n) is 2.29. The Labute approximate surface area is 103 Å². The van der Waals surface area contributed by atoms with E-state index in [-0.39, 0.29) is 0 Å². The van der Waals surface area contributed by atoms with Crippen LogP contribution in [0.4, 0.5) is 0 Å². The van der Waals surface area contributed by atoms with Crippen molar-refractivity contribution in [3.63, 3.8) is 0 Å². The van der Waals surface area contributed by atoms with Crippen LogP contribution in [0.25, 0.3) is 0 Å². The first-order chi connectivity index (χ1) is 7.70. The average Bonchev–Trinajstić information content (AvgIpc) is 2.99. The second-order valence-corrected chi connectivity index (χ2v) is 6.38. The van der Waals surface area contributed by atoms with Gasteiger partial charge in [0.1, 0.15) is 0 Å². The van der Waals surface area contributed by atoms with Gasteiger partial charge in [0.2, 0.25) is 0 Å². The molecule has 0 bridgehead atoms. The van der Waals surface area contributed by atoms with Gasteiger partial charge in [-0.2, -0.15) is 0 Å². The number of thiophene rings is 1. The fourth-order valence-corrected chi connectivity index (χ4v) is 3.42. The highest BCUT2D eigenvalue weighted by atomic mass is 32.1. The molecule has 90 valence electrons. The van der Waals surface area contributed by atoms with Gasteiger partial charge < -0.3 is 5.32 Å². The summed E-state index contributed by atoms with van der Waals surface area (Å²) in [6, 6.07) is 2.94. The van der Waals surface area contributed by atoms with Crippen LogP contribution < -0.4 is 5.32 Å². The van der Waals surface area contributed by atoms with Crippen molar-refractivity contribution in [1.82, 2.24) is 5.32 Å². The van der Waals surface area contributed by atoms with E-state index in [1.807, 2.05) is 11.3 Å². The van der Waals surface area contributed by atoms with Gasteiger partial charge in [0, 0.05) is 15.8 Å². The van der Waals surface area contributed by atoms with Crippen LogP contribution in [0.2, 0.25) is 0 Å². The van der Waals surface area contributed by atoms with Crippen LogP contribution in [-0.4, -0.2) is 6.54 Å². The monoisotopic (exact) mass is 237 g/mol. The number of hydrogen-bond donors (Lipinski definition) is 1. The van der Waals surface area contributed by atoms with Crippen LogP contribution in [0.15, 0.2) is 6.07 Å². The molecule has 0 saturated heterocycles. The molecule has 1 saturated carbocycles. The maximum absolute atomic E-state index is 3.72. The molecule has 16 heavy (non-hydrogen) atoms. The Morgan fingerprint density at radius 2 is 2.19 bits per heavy atom. The van der Waals surface area contributed by atoms with Gasteiger partial charge in [-0.1, -0.05) is 19.8 Å². The summed E-state index contributed by atoms with van der Waals surface area (Å²) in [7, 11) is 0. The Hall–Kier alpha value is -0.340. The van der Waals surface area contributed by atoms with E-state index in [1.54, 1.807) is 4.88 Å². The third kappa shape index (κ3) is 3.08. The Bertz CT molecular complexity index is 339. The molecule has 1 atom stereocenters. The molecule has 1 aliphatic carbocycles. The summed E-state index contributed by atoms with van der Waals surface area (Å²) in [5.74, 6) is 0.996. The predicted octanol–water partition coefficient (Wildman–Crippen LogP) is 4.21. The van der Waals surface area contributed by atoms with Gasteiger partial charge in [-0.05, 0) is 50.8 Å². The van der Waals surface area contributed by atoms with Crippen molar-refractivity contribution < 1.29 is 0 Å². The van der Waals surface area contributed by atoms with Crippen LogP contribution in [0.5, 0.6) is 0 Å². The summed E-state index contributed by atoms with van der Waals surface area (Å²) in [4.78, 5) is 3.03. The first-order valence-electron chi connectivity index (χ1n) is 6.51. The summed E-state index contributed by atoms with van der Waals surface area (Å²) < 4.78 is 0. The molecular weight excluding hydrogens is 214 g/mol. The van der Waals surface area contributed by atoms with Crippen LogP contribution in [0.3, 0.4) is 0 Å². The van der Waals surface area contributed by atoms with Crippen molar-refractivity contribution in [2.24, 2.45) is 5.92 Å². The van der Waals surface area contributed by atoms with Gasteiger partial charge in [-0.15, -0.1) is 11.3 Å². The number of aryl methyl sites for hydroxylation is 2. The molecule has 1 unspecified atom stereocenters. The third-order valence-electron chi connectivity index (χ3n) is 3.30. The van der Waals surface area contributed by atoms with E-state index in [4.69, 9.17) is 0 Å². The summed E-state index contributed by atoms with van der Waals surface area (Å²) in [6.07, 6.45) is 5.48. The normalized spacial score (nSPS) is 17.7. The van der Waals surface area contributed by atoms with Crippen LogP contribution in [0.1, 0.15) is 54.0 Å². The highest BCUT2D eigenvalue weighted by Gasteiger charge is 2.27. The van der Waals surface area contributed by atoms with Crippen LogP contribution in [-0.2, 0) is 0 Å². The van der Waals surface area contributed by atoms with Crippen molar-refractivity contribution >= 4 is 11.3 Å². The summed E-state index contributed by atoms with van der Waals surface area (Å²) in [5, 5.41) is 3.72. The minimum Gasteiger partial charge on any atom is -0.309 e. The topological polar surface area (TPSA) is 12.0 Å². The molecule has 1 aliphatic rings. The molecule has 1 heterocycles. The molecule has 1 nitrogen and oxygen atoms in total. The zero-order chi connectivity index (χ0) is 11.5. The summed E-state index contributed by atoms with van der Waals surface area (Å²) >= 11 is 1.98. The van der Waals surface area contributed by atoms with Crippen LogP contribution >= 0.6 is 11.3 Å². The second-order valence-electron chi connectivity index (χ2n) is 5.09. The molecule has 0 aromatic carbocycles. The molecule has 2 rings (SSSR count). The van der Waals surface area contributed by atoms with Crippen LogP contribution in [0, 0.1) is 19.8 Å². The van der Waals surface area contributed by atoms with E-state index in [1.165, 1.54) is 36.1 Å². The first kappa shape index (κ1) is 12.1. The molecule has 0 amide bonds. The molecule has 0 aliphatic heterocycles. The minimum atomic E-state index is 0.617. The van der Waals surface area contributed by atoms with Crippen molar-refractivity contribution in [3.8, 4) is 0 Å². The van der Waals surface area contributed by atoms with Gasteiger partial charge in [-0.3, -0.25) is 0 Å². The molecule has 1 aromatic rings. The lowest BCUT2D eigenvalue weighted by Crippen LogP contribution is -2.22. The van der Waals surface area contributed by atoms with E-state index in [0.717, 1.165) is 12.5 Å². The molecule has 2 heteroatoms. The summed E-state index contributed by atoms with van der Waals surface area (Å²) in [6.45, 7) is 7.86. The van der Waals surface area contributed by atoms with Gasteiger partial charge in [0.25, 0.3) is 0 Å². The molecule has 1 aromatic heterocycles. The molecular formula is C14H23NS. The minimum absolute atomic E-state index is 0.617. The maximum Gasteiger partial charge on any atom is 0.0420 e. The fraction of sp³-hybridized carbons (Fsp3) is 0.714. The first-order valence-corrected chi connectivity index (χ1v) is 7.32. The van der Waals surface area contributed by atoms with Gasteiger partial charge in [0.05, 0.1) is 0 Å². The quantitative estimate of drug-likeness (QED) is 0.781. The highest BCUT2D eigenvalue weighted by Crippen LogP contribution is 2.40. The smallest absolute Gasteiger partial charge is 0.0420 e. The number of rotatable bonds is 6. The summed E-state index contributed by atoms with van der Waals surface area (Å²) in [5.41, 5.74) is 1.48. The highest BCUT2D eigenvalue weighted by molar-refractivity contribution is 7.12. The van der Waals surface area contributed by atoms with E-state index in [2.05, 4.69) is 32.2 Å². The number of nitrogens with one attached hydrogen (secondary N) is 1. The van der Waals surface area contributed by atoms with Crippen molar-refractivity contribution in [3.05, 3.63) is 21.4 Å². The molecule has 1 fully saturated rings. The third-order valence-corrected chi connectivity index (χ3v) is 4.57. The molecule has 1 N–H and O–H groups in total. The van der Waals surface area contributed by atoms with Gasteiger partial charge in [-0.25, -0.2) is 0 Å². The van der Waals surface area contributed by atoms with Crippen molar-refractivity contribution in [2.45, 2.75) is 52.5 Å². The lowest BCUT2D eigenvalue weighted by molar-refractivity contribution is 0.479. The Morgan fingerprint density at radius 3 is 2.69 bits per heavy atom. The Morgan fingerprint density at radius 1 is 1.44 bits per heavy atom. The Kier molecular flexibility index (Phi) is 4.04. The molecule has 0 spiro atoms. The van der Waals surface area contributed by atoms with E-state index < -0.39 is 0 Å². The largest absolute Gasteiger partial charge is 0.309 e. The Balaban J connectivity index is 2.06. The second kappa shape index (κ2) is 5.33.